The molecule has 1 fully saturated rings. The zero-order chi connectivity index (χ0) is 11.4. The Hall–Kier alpha value is -0.870. The van der Waals surface area contributed by atoms with E-state index in [0.29, 0.717) is 6.04 Å². The molecule has 2 rings (SSSR count). The van der Waals surface area contributed by atoms with E-state index in [1.807, 2.05) is 19.1 Å². The van der Waals surface area contributed by atoms with Crippen molar-refractivity contribution in [3.63, 3.8) is 0 Å². The number of nitrogens with one attached hydrogen (secondary N) is 2. The molecule has 0 aliphatic carbocycles. The number of hydrogen-bond acceptors (Lipinski definition) is 3. The van der Waals surface area contributed by atoms with Crippen LogP contribution in [0.5, 0.6) is 0 Å². The Bertz CT molecular complexity index is 356. The van der Waals surface area contributed by atoms with Gasteiger partial charge in [0.15, 0.2) is 0 Å². The van der Waals surface area contributed by atoms with E-state index in [1.54, 1.807) is 11.3 Å². The molecule has 1 aromatic heterocycles. The molecule has 4 heteroatoms. The summed E-state index contributed by atoms with van der Waals surface area (Å²) in [6.45, 7) is 3.85. The third kappa shape index (κ3) is 3.06. The summed E-state index contributed by atoms with van der Waals surface area (Å²) in [6.07, 6.45) is 3.70. The Morgan fingerprint density at radius 1 is 1.56 bits per heavy atom. The molecule has 1 amide bonds. The van der Waals surface area contributed by atoms with E-state index in [4.69, 9.17) is 0 Å². The molecule has 1 aliphatic heterocycles. The van der Waals surface area contributed by atoms with Crippen LogP contribution in [0.25, 0.3) is 0 Å². The van der Waals surface area contributed by atoms with E-state index < -0.39 is 0 Å². The highest BCUT2D eigenvalue weighted by molar-refractivity contribution is 7.13. The number of carbonyl (C=O) groups excluding carboxylic acids is 1. The van der Waals surface area contributed by atoms with Crippen molar-refractivity contribution in [3.8, 4) is 0 Å². The minimum atomic E-state index is 0.0606. The molecule has 0 spiro atoms. The van der Waals surface area contributed by atoms with Crippen molar-refractivity contribution in [1.82, 2.24) is 10.6 Å². The van der Waals surface area contributed by atoms with E-state index in [1.165, 1.54) is 24.1 Å². The molecule has 0 aromatic carbocycles. The summed E-state index contributed by atoms with van der Waals surface area (Å²) in [7, 11) is 0. The number of piperidine rings is 1. The smallest absolute Gasteiger partial charge is 0.261 e. The minimum absolute atomic E-state index is 0.0606. The molecule has 1 aliphatic rings. The average molecular weight is 238 g/mol. The molecule has 0 saturated carbocycles. The first-order valence-corrected chi connectivity index (χ1v) is 6.65. The Balaban J connectivity index is 1.79. The topological polar surface area (TPSA) is 41.1 Å². The summed E-state index contributed by atoms with van der Waals surface area (Å²) in [5.74, 6) is 0.0606. The Morgan fingerprint density at radius 2 is 2.44 bits per heavy atom. The van der Waals surface area contributed by atoms with E-state index in [2.05, 4.69) is 10.6 Å². The van der Waals surface area contributed by atoms with Gasteiger partial charge < -0.3 is 10.6 Å². The highest BCUT2D eigenvalue weighted by Gasteiger charge is 2.14. The summed E-state index contributed by atoms with van der Waals surface area (Å²) in [5, 5.41) is 6.41. The molecule has 0 bridgehead atoms. The number of rotatable bonds is 3. The largest absolute Gasteiger partial charge is 0.350 e. The average Bonchev–Trinajstić information content (AvgIpc) is 2.74. The van der Waals surface area contributed by atoms with Gasteiger partial charge in [-0.05, 0) is 38.4 Å². The van der Waals surface area contributed by atoms with Crippen LogP contribution in [0.15, 0.2) is 12.1 Å². The lowest BCUT2D eigenvalue weighted by molar-refractivity contribution is 0.0952. The minimum Gasteiger partial charge on any atom is -0.350 e. The van der Waals surface area contributed by atoms with E-state index >= 15 is 0 Å². The van der Waals surface area contributed by atoms with Crippen LogP contribution in [0.1, 0.15) is 33.8 Å². The fourth-order valence-corrected chi connectivity index (χ4v) is 2.74. The summed E-state index contributed by atoms with van der Waals surface area (Å²) in [4.78, 5) is 13.8. The van der Waals surface area contributed by atoms with Gasteiger partial charge in [-0.1, -0.05) is 6.42 Å². The second-order valence-electron chi connectivity index (χ2n) is 4.27. The highest BCUT2D eigenvalue weighted by atomic mass is 32.1. The predicted octanol–water partition coefficient (Wildman–Crippen LogP) is 1.93. The zero-order valence-electron chi connectivity index (χ0n) is 9.58. The van der Waals surface area contributed by atoms with Crippen molar-refractivity contribution >= 4 is 17.2 Å². The molecule has 1 atom stereocenters. The maximum Gasteiger partial charge on any atom is 0.261 e. The van der Waals surface area contributed by atoms with Gasteiger partial charge in [-0.3, -0.25) is 4.79 Å². The molecule has 1 saturated heterocycles. The lowest BCUT2D eigenvalue weighted by Crippen LogP contribution is -2.43. The van der Waals surface area contributed by atoms with Gasteiger partial charge >= 0.3 is 0 Å². The Kier molecular flexibility index (Phi) is 3.96. The van der Waals surface area contributed by atoms with Gasteiger partial charge in [0, 0.05) is 17.5 Å². The van der Waals surface area contributed by atoms with Gasteiger partial charge in [0.1, 0.15) is 0 Å². The predicted molar refractivity (Wildman–Crippen MR) is 67.0 cm³/mol. The lowest BCUT2D eigenvalue weighted by atomic mass is 10.1. The SMILES string of the molecule is Cc1ccc(C(=O)NCC2CCCCN2)s1. The van der Waals surface area contributed by atoms with Gasteiger partial charge in [0.25, 0.3) is 5.91 Å². The molecule has 2 heterocycles. The summed E-state index contributed by atoms with van der Waals surface area (Å²) in [5.41, 5.74) is 0. The maximum atomic E-state index is 11.8. The van der Waals surface area contributed by atoms with Crippen LogP contribution in [0.2, 0.25) is 0 Å². The third-order valence-corrected chi connectivity index (χ3v) is 3.88. The van der Waals surface area contributed by atoms with Crippen LogP contribution in [0.3, 0.4) is 0 Å². The van der Waals surface area contributed by atoms with Crippen LogP contribution in [-0.4, -0.2) is 25.0 Å². The molecule has 0 radical (unpaired) electrons. The van der Waals surface area contributed by atoms with E-state index in [9.17, 15) is 4.79 Å². The number of amides is 1. The summed E-state index contributed by atoms with van der Waals surface area (Å²) < 4.78 is 0. The first-order chi connectivity index (χ1) is 7.75. The van der Waals surface area contributed by atoms with Gasteiger partial charge in [-0.15, -0.1) is 11.3 Å². The first kappa shape index (κ1) is 11.6. The number of aryl methyl sites for hydroxylation is 1. The normalized spacial score (nSPS) is 20.7. The number of carbonyl (C=O) groups is 1. The molecule has 1 unspecified atom stereocenters. The second-order valence-corrected chi connectivity index (χ2v) is 5.56. The number of hydrogen-bond donors (Lipinski definition) is 2. The standard InChI is InChI=1S/C12H18N2OS/c1-9-5-6-11(16-9)12(15)14-8-10-4-2-3-7-13-10/h5-6,10,13H,2-4,7-8H2,1H3,(H,14,15). The third-order valence-electron chi connectivity index (χ3n) is 2.89. The maximum absolute atomic E-state index is 11.8. The van der Waals surface area contributed by atoms with E-state index in [0.717, 1.165) is 18.0 Å². The Morgan fingerprint density at radius 3 is 3.06 bits per heavy atom. The molecule has 3 nitrogen and oxygen atoms in total. The Labute approximate surface area is 100 Å². The monoisotopic (exact) mass is 238 g/mol. The molecule has 88 valence electrons. The van der Waals surface area contributed by atoms with Crippen LogP contribution < -0.4 is 10.6 Å². The zero-order valence-corrected chi connectivity index (χ0v) is 10.4. The fourth-order valence-electron chi connectivity index (χ4n) is 1.96. The van der Waals surface area contributed by atoms with Gasteiger partial charge in [0.05, 0.1) is 4.88 Å². The molecule has 2 N–H and O–H groups in total. The van der Waals surface area contributed by atoms with Crippen molar-refractivity contribution in [2.75, 3.05) is 13.1 Å². The van der Waals surface area contributed by atoms with Gasteiger partial charge in [-0.2, -0.15) is 0 Å². The van der Waals surface area contributed by atoms with Crippen LogP contribution in [0.4, 0.5) is 0 Å². The lowest BCUT2D eigenvalue weighted by Gasteiger charge is -2.23. The van der Waals surface area contributed by atoms with Gasteiger partial charge in [0.2, 0.25) is 0 Å². The quantitative estimate of drug-likeness (QED) is 0.845. The van der Waals surface area contributed by atoms with Crippen molar-refractivity contribution < 1.29 is 4.79 Å². The summed E-state index contributed by atoms with van der Waals surface area (Å²) >= 11 is 1.55. The molecular formula is C12H18N2OS. The van der Waals surface area contributed by atoms with E-state index in [-0.39, 0.29) is 5.91 Å². The highest BCUT2D eigenvalue weighted by Crippen LogP contribution is 2.14. The van der Waals surface area contributed by atoms with Gasteiger partial charge in [-0.25, -0.2) is 0 Å². The van der Waals surface area contributed by atoms with Crippen molar-refractivity contribution in [3.05, 3.63) is 21.9 Å². The van der Waals surface area contributed by atoms with Crippen LogP contribution >= 0.6 is 11.3 Å². The molecular weight excluding hydrogens is 220 g/mol. The summed E-state index contributed by atoms with van der Waals surface area (Å²) in [6, 6.07) is 4.33. The van der Waals surface area contributed by atoms with Crippen molar-refractivity contribution in [2.45, 2.75) is 32.2 Å². The van der Waals surface area contributed by atoms with Crippen LogP contribution in [0, 0.1) is 6.92 Å². The van der Waals surface area contributed by atoms with Crippen LogP contribution in [-0.2, 0) is 0 Å². The molecule has 1 aromatic rings. The van der Waals surface area contributed by atoms with Crippen molar-refractivity contribution in [2.24, 2.45) is 0 Å². The fraction of sp³-hybridized carbons (Fsp3) is 0.583. The first-order valence-electron chi connectivity index (χ1n) is 5.84. The van der Waals surface area contributed by atoms with Crippen molar-refractivity contribution in [1.29, 1.82) is 0 Å². The molecule has 16 heavy (non-hydrogen) atoms. The number of thiophene rings is 1. The second kappa shape index (κ2) is 5.46.